The first-order valence-corrected chi connectivity index (χ1v) is 11.2. The van der Waals surface area contributed by atoms with Gasteiger partial charge in [-0.1, -0.05) is 23.7 Å². The molecule has 4 rings (SSSR count). The fourth-order valence-electron chi connectivity index (χ4n) is 3.90. The standard InChI is InChI=1S/C22H23ClN4O2S/c1-14-17(21(24)29)12-19(27(14)10-4-9-26-8-3-7-20(26)28)18-13-30-22(25-18)15-5-2-6-16(23)11-15/h2,5-6,11-13H,3-4,7-10H2,1H3,(H2,24,29). The highest BCUT2D eigenvalue weighted by atomic mass is 35.5. The summed E-state index contributed by atoms with van der Waals surface area (Å²) in [6.07, 6.45) is 2.38. The van der Waals surface area contributed by atoms with Gasteiger partial charge in [0.25, 0.3) is 5.91 Å². The summed E-state index contributed by atoms with van der Waals surface area (Å²) < 4.78 is 2.08. The number of benzene rings is 1. The monoisotopic (exact) mass is 442 g/mol. The van der Waals surface area contributed by atoms with Crippen molar-refractivity contribution in [3.63, 3.8) is 0 Å². The Morgan fingerprint density at radius 3 is 2.83 bits per heavy atom. The van der Waals surface area contributed by atoms with Crippen molar-refractivity contribution < 1.29 is 9.59 Å². The van der Waals surface area contributed by atoms with Crippen molar-refractivity contribution in [1.29, 1.82) is 0 Å². The number of halogens is 1. The average molecular weight is 443 g/mol. The van der Waals surface area contributed by atoms with Gasteiger partial charge in [0.1, 0.15) is 5.01 Å². The van der Waals surface area contributed by atoms with Gasteiger partial charge in [-0.05, 0) is 38.0 Å². The number of nitrogens with two attached hydrogens (primary N) is 1. The van der Waals surface area contributed by atoms with Gasteiger partial charge in [0.2, 0.25) is 5.91 Å². The van der Waals surface area contributed by atoms with E-state index in [1.807, 2.05) is 47.5 Å². The van der Waals surface area contributed by atoms with Crippen LogP contribution in [0.3, 0.4) is 0 Å². The van der Waals surface area contributed by atoms with Crippen molar-refractivity contribution in [3.05, 3.63) is 52.0 Å². The first kappa shape index (κ1) is 20.6. The highest BCUT2D eigenvalue weighted by Gasteiger charge is 2.21. The molecule has 0 unspecified atom stereocenters. The van der Waals surface area contributed by atoms with Gasteiger partial charge >= 0.3 is 0 Å². The fraction of sp³-hybridized carbons (Fsp3) is 0.318. The highest BCUT2D eigenvalue weighted by molar-refractivity contribution is 7.13. The zero-order chi connectivity index (χ0) is 21.3. The molecule has 0 saturated carbocycles. The molecule has 0 aliphatic carbocycles. The van der Waals surface area contributed by atoms with Crippen LogP contribution < -0.4 is 5.73 Å². The molecule has 0 radical (unpaired) electrons. The van der Waals surface area contributed by atoms with E-state index < -0.39 is 5.91 Å². The van der Waals surface area contributed by atoms with Crippen LogP contribution in [0.1, 0.15) is 35.3 Å². The molecule has 2 N–H and O–H groups in total. The van der Waals surface area contributed by atoms with Crippen LogP contribution in [-0.4, -0.2) is 39.4 Å². The molecule has 1 saturated heterocycles. The molecule has 0 bridgehead atoms. The summed E-state index contributed by atoms with van der Waals surface area (Å²) >= 11 is 7.65. The first-order chi connectivity index (χ1) is 14.4. The van der Waals surface area contributed by atoms with Crippen molar-refractivity contribution in [2.45, 2.75) is 32.7 Å². The summed E-state index contributed by atoms with van der Waals surface area (Å²) in [5, 5.41) is 3.51. The number of aromatic nitrogens is 2. The van der Waals surface area contributed by atoms with E-state index in [4.69, 9.17) is 22.3 Å². The van der Waals surface area contributed by atoms with Crippen molar-refractivity contribution >= 4 is 34.8 Å². The number of rotatable bonds is 7. The largest absolute Gasteiger partial charge is 0.366 e. The van der Waals surface area contributed by atoms with E-state index >= 15 is 0 Å². The Hall–Kier alpha value is -2.64. The van der Waals surface area contributed by atoms with Crippen LogP contribution in [0, 0.1) is 6.92 Å². The number of amides is 2. The Morgan fingerprint density at radius 1 is 1.30 bits per heavy atom. The molecule has 1 aromatic carbocycles. The molecular formula is C22H23ClN4O2S. The molecular weight excluding hydrogens is 420 g/mol. The van der Waals surface area contributed by atoms with Crippen LogP contribution in [-0.2, 0) is 11.3 Å². The smallest absolute Gasteiger partial charge is 0.250 e. The highest BCUT2D eigenvalue weighted by Crippen LogP contribution is 2.32. The van der Waals surface area contributed by atoms with Crippen LogP contribution in [0.2, 0.25) is 5.02 Å². The second-order valence-electron chi connectivity index (χ2n) is 7.43. The van der Waals surface area contributed by atoms with Gasteiger partial charge in [-0.2, -0.15) is 0 Å². The van der Waals surface area contributed by atoms with Crippen molar-refractivity contribution in [1.82, 2.24) is 14.5 Å². The summed E-state index contributed by atoms with van der Waals surface area (Å²) in [6.45, 7) is 4.13. The number of hydrogen-bond donors (Lipinski definition) is 1. The van der Waals surface area contributed by atoms with Gasteiger partial charge in [0.15, 0.2) is 0 Å². The normalized spacial score (nSPS) is 13.9. The molecule has 1 aliphatic heterocycles. The Labute approximate surface area is 184 Å². The van der Waals surface area contributed by atoms with E-state index in [2.05, 4.69) is 4.57 Å². The predicted molar refractivity (Wildman–Crippen MR) is 120 cm³/mol. The Morgan fingerprint density at radius 2 is 2.13 bits per heavy atom. The minimum Gasteiger partial charge on any atom is -0.366 e. The molecule has 1 aliphatic rings. The van der Waals surface area contributed by atoms with Crippen molar-refractivity contribution in [2.75, 3.05) is 13.1 Å². The molecule has 3 heterocycles. The third-order valence-electron chi connectivity index (χ3n) is 5.45. The van der Waals surface area contributed by atoms with Gasteiger partial charge in [-0.25, -0.2) is 4.98 Å². The molecule has 0 spiro atoms. The van der Waals surface area contributed by atoms with E-state index in [9.17, 15) is 9.59 Å². The van der Waals surface area contributed by atoms with Gasteiger partial charge in [-0.15, -0.1) is 11.3 Å². The third-order valence-corrected chi connectivity index (χ3v) is 6.58. The van der Waals surface area contributed by atoms with E-state index in [0.717, 1.165) is 47.0 Å². The SMILES string of the molecule is Cc1c(C(N)=O)cc(-c2csc(-c3cccc(Cl)c3)n2)n1CCCN1CCCC1=O. The van der Waals surface area contributed by atoms with Crippen LogP contribution >= 0.6 is 22.9 Å². The lowest BCUT2D eigenvalue weighted by molar-refractivity contribution is -0.127. The summed E-state index contributed by atoms with van der Waals surface area (Å²) in [5.74, 6) is -0.226. The van der Waals surface area contributed by atoms with Crippen LogP contribution in [0.25, 0.3) is 22.0 Å². The molecule has 2 aromatic heterocycles. The Bertz CT molecular complexity index is 1100. The van der Waals surface area contributed by atoms with Gasteiger partial charge in [-0.3, -0.25) is 9.59 Å². The molecule has 0 atom stereocenters. The lowest BCUT2D eigenvalue weighted by Gasteiger charge is -2.17. The van der Waals surface area contributed by atoms with Crippen LogP contribution in [0.15, 0.2) is 35.7 Å². The molecule has 2 amide bonds. The summed E-state index contributed by atoms with van der Waals surface area (Å²) in [5.41, 5.74) is 9.53. The number of carbonyl (C=O) groups is 2. The zero-order valence-electron chi connectivity index (χ0n) is 16.7. The topological polar surface area (TPSA) is 81.2 Å². The van der Waals surface area contributed by atoms with E-state index in [1.54, 1.807) is 0 Å². The molecule has 156 valence electrons. The quantitative estimate of drug-likeness (QED) is 0.590. The predicted octanol–water partition coefficient (Wildman–Crippen LogP) is 4.35. The van der Waals surface area contributed by atoms with Gasteiger partial charge in [0, 0.05) is 47.7 Å². The summed E-state index contributed by atoms with van der Waals surface area (Å²) in [7, 11) is 0. The maximum atomic E-state index is 11.9. The van der Waals surface area contributed by atoms with E-state index in [1.165, 1.54) is 11.3 Å². The minimum absolute atomic E-state index is 0.225. The van der Waals surface area contributed by atoms with Crippen molar-refractivity contribution in [2.24, 2.45) is 5.73 Å². The average Bonchev–Trinajstić information content (AvgIpc) is 3.42. The zero-order valence-corrected chi connectivity index (χ0v) is 18.3. The number of thiazole rings is 1. The number of primary amides is 1. The lowest BCUT2D eigenvalue weighted by atomic mass is 10.2. The number of hydrogen-bond acceptors (Lipinski definition) is 4. The fourth-order valence-corrected chi connectivity index (χ4v) is 4.90. The lowest BCUT2D eigenvalue weighted by Crippen LogP contribution is -2.26. The van der Waals surface area contributed by atoms with Crippen LogP contribution in [0.4, 0.5) is 0 Å². The molecule has 3 aromatic rings. The summed E-state index contributed by atoms with van der Waals surface area (Å²) in [4.78, 5) is 30.5. The maximum absolute atomic E-state index is 11.9. The number of nitrogens with zero attached hydrogens (tertiary/aromatic N) is 3. The molecule has 30 heavy (non-hydrogen) atoms. The number of carbonyl (C=O) groups excluding carboxylic acids is 2. The second kappa shape index (κ2) is 8.62. The molecule has 6 nitrogen and oxygen atoms in total. The molecule has 1 fully saturated rings. The summed E-state index contributed by atoms with van der Waals surface area (Å²) in [6, 6.07) is 9.40. The number of likely N-dealkylation sites (tertiary alicyclic amines) is 1. The van der Waals surface area contributed by atoms with E-state index in [0.29, 0.717) is 30.1 Å². The second-order valence-corrected chi connectivity index (χ2v) is 8.73. The molecule has 8 heteroatoms. The Kier molecular flexibility index (Phi) is 5.92. The first-order valence-electron chi connectivity index (χ1n) is 9.93. The van der Waals surface area contributed by atoms with E-state index in [-0.39, 0.29) is 5.91 Å². The van der Waals surface area contributed by atoms with Crippen molar-refractivity contribution in [3.8, 4) is 22.0 Å². The minimum atomic E-state index is -0.451. The van der Waals surface area contributed by atoms with Crippen LogP contribution in [0.5, 0.6) is 0 Å². The van der Waals surface area contributed by atoms with Gasteiger partial charge in [0.05, 0.1) is 17.0 Å². The third kappa shape index (κ3) is 4.13. The van der Waals surface area contributed by atoms with Gasteiger partial charge < -0.3 is 15.2 Å². The maximum Gasteiger partial charge on any atom is 0.250 e. The Balaban J connectivity index is 1.61.